The van der Waals surface area contributed by atoms with Crippen LogP contribution in [0, 0.1) is 0 Å². The molecule has 0 radical (unpaired) electrons. The Bertz CT molecular complexity index is 180. The van der Waals surface area contributed by atoms with E-state index in [-0.39, 0.29) is 12.1 Å². The van der Waals surface area contributed by atoms with Gasteiger partial charge in [-0.3, -0.25) is 0 Å². The average Bonchev–Trinajstić information content (AvgIpc) is 2.55. The molecule has 0 aromatic rings. The van der Waals surface area contributed by atoms with Gasteiger partial charge in [-0.25, -0.2) is 0 Å². The van der Waals surface area contributed by atoms with E-state index in [1.165, 1.54) is 0 Å². The summed E-state index contributed by atoms with van der Waals surface area (Å²) in [5.74, 6) is 0. The molecule has 1 saturated heterocycles. The molecule has 4 N–H and O–H groups in total. The number of aliphatic hydroxyl groups excluding tert-OH is 1. The van der Waals surface area contributed by atoms with E-state index < -0.39 is 0 Å². The van der Waals surface area contributed by atoms with E-state index in [0.717, 1.165) is 45.3 Å². The van der Waals surface area contributed by atoms with E-state index in [1.54, 1.807) is 0 Å². The van der Waals surface area contributed by atoms with E-state index in [0.29, 0.717) is 12.6 Å². The van der Waals surface area contributed by atoms with Crippen LogP contribution in [0.5, 0.6) is 0 Å². The molecule has 1 aliphatic rings. The molecule has 4 nitrogen and oxygen atoms in total. The number of nitrogens with one attached hydrogen (secondary N) is 1. The molecule has 0 amide bonds. The van der Waals surface area contributed by atoms with Gasteiger partial charge in [0.05, 0.1) is 0 Å². The molecule has 2 atom stereocenters. The molecule has 0 spiro atoms. The molecule has 1 rings (SSSR count). The van der Waals surface area contributed by atoms with E-state index >= 15 is 0 Å². The SMILES string of the molecule is CCC(CCO)NC1(CN)CCCOCC1. The van der Waals surface area contributed by atoms with Crippen LogP contribution in [0.3, 0.4) is 0 Å². The van der Waals surface area contributed by atoms with E-state index in [9.17, 15) is 0 Å². The maximum absolute atomic E-state index is 9.01. The molecule has 0 saturated carbocycles. The standard InChI is InChI=1S/C12H26N2O2/c1-2-11(4-7-15)14-12(10-13)5-3-8-16-9-6-12/h11,14-15H,2-10,13H2,1H3. The Morgan fingerprint density at radius 3 is 2.88 bits per heavy atom. The third-order valence-electron chi connectivity index (χ3n) is 3.54. The third-order valence-corrected chi connectivity index (χ3v) is 3.54. The zero-order chi connectivity index (χ0) is 11.9. The van der Waals surface area contributed by atoms with Crippen LogP contribution in [0.4, 0.5) is 0 Å². The third kappa shape index (κ3) is 4.01. The molecule has 1 fully saturated rings. The van der Waals surface area contributed by atoms with Crippen LogP contribution in [0.2, 0.25) is 0 Å². The zero-order valence-corrected chi connectivity index (χ0v) is 10.4. The Morgan fingerprint density at radius 1 is 1.44 bits per heavy atom. The van der Waals surface area contributed by atoms with Gasteiger partial charge in [-0.15, -0.1) is 0 Å². The van der Waals surface area contributed by atoms with Crippen molar-refractivity contribution in [2.24, 2.45) is 5.73 Å². The van der Waals surface area contributed by atoms with Crippen molar-refractivity contribution < 1.29 is 9.84 Å². The molecular weight excluding hydrogens is 204 g/mol. The highest BCUT2D eigenvalue weighted by atomic mass is 16.5. The lowest BCUT2D eigenvalue weighted by Gasteiger charge is -2.36. The molecule has 16 heavy (non-hydrogen) atoms. The molecule has 0 aromatic heterocycles. The largest absolute Gasteiger partial charge is 0.396 e. The summed E-state index contributed by atoms with van der Waals surface area (Å²) in [6, 6.07) is 0.367. The highest BCUT2D eigenvalue weighted by Gasteiger charge is 2.31. The van der Waals surface area contributed by atoms with Crippen molar-refractivity contribution in [2.45, 2.75) is 50.6 Å². The van der Waals surface area contributed by atoms with Crippen LogP contribution < -0.4 is 11.1 Å². The van der Waals surface area contributed by atoms with Gasteiger partial charge in [-0.2, -0.15) is 0 Å². The van der Waals surface area contributed by atoms with Crippen LogP contribution in [0.1, 0.15) is 39.0 Å². The van der Waals surface area contributed by atoms with Crippen LogP contribution in [-0.2, 0) is 4.74 Å². The molecule has 1 aliphatic heterocycles. The summed E-state index contributed by atoms with van der Waals surface area (Å²) < 4.78 is 5.48. The maximum atomic E-state index is 9.01. The van der Waals surface area contributed by atoms with Gasteiger partial charge in [0.1, 0.15) is 0 Å². The minimum absolute atomic E-state index is 0.0202. The minimum Gasteiger partial charge on any atom is -0.396 e. The summed E-state index contributed by atoms with van der Waals surface area (Å²) in [5.41, 5.74) is 5.95. The Balaban J connectivity index is 2.55. The van der Waals surface area contributed by atoms with E-state index in [4.69, 9.17) is 15.6 Å². The number of aliphatic hydroxyl groups is 1. The maximum Gasteiger partial charge on any atom is 0.0484 e. The number of hydrogen-bond acceptors (Lipinski definition) is 4. The lowest BCUT2D eigenvalue weighted by molar-refractivity contribution is 0.134. The lowest BCUT2D eigenvalue weighted by Crippen LogP contribution is -2.55. The van der Waals surface area contributed by atoms with Gasteiger partial charge in [0.2, 0.25) is 0 Å². The Labute approximate surface area is 98.5 Å². The summed E-state index contributed by atoms with van der Waals surface area (Å²) in [6.07, 6.45) is 4.96. The first-order chi connectivity index (χ1) is 7.76. The first-order valence-electron chi connectivity index (χ1n) is 6.42. The summed E-state index contributed by atoms with van der Waals surface area (Å²) in [6.45, 7) is 4.67. The lowest BCUT2D eigenvalue weighted by atomic mass is 9.89. The van der Waals surface area contributed by atoms with Gasteiger partial charge in [-0.05, 0) is 32.1 Å². The van der Waals surface area contributed by atoms with Crippen LogP contribution in [-0.4, -0.2) is 43.1 Å². The second-order valence-electron chi connectivity index (χ2n) is 4.71. The molecule has 0 aliphatic carbocycles. The highest BCUT2D eigenvalue weighted by Crippen LogP contribution is 2.22. The quantitative estimate of drug-likeness (QED) is 0.626. The fraction of sp³-hybridized carbons (Fsp3) is 1.00. The second kappa shape index (κ2) is 7.22. The van der Waals surface area contributed by atoms with Crippen molar-refractivity contribution in [1.29, 1.82) is 0 Å². The molecule has 0 aromatic carbocycles. The predicted molar refractivity (Wildman–Crippen MR) is 65.4 cm³/mol. The van der Waals surface area contributed by atoms with Gasteiger partial charge in [0, 0.05) is 37.9 Å². The zero-order valence-electron chi connectivity index (χ0n) is 10.4. The summed E-state index contributed by atoms with van der Waals surface area (Å²) in [5, 5.41) is 12.7. The molecule has 0 bridgehead atoms. The molecule has 1 heterocycles. The van der Waals surface area contributed by atoms with Crippen molar-refractivity contribution in [3.05, 3.63) is 0 Å². The first-order valence-corrected chi connectivity index (χ1v) is 6.42. The smallest absolute Gasteiger partial charge is 0.0484 e. The van der Waals surface area contributed by atoms with Gasteiger partial charge >= 0.3 is 0 Å². The van der Waals surface area contributed by atoms with Crippen molar-refractivity contribution in [1.82, 2.24) is 5.32 Å². The highest BCUT2D eigenvalue weighted by molar-refractivity contribution is 4.92. The number of hydrogen-bond donors (Lipinski definition) is 3. The van der Waals surface area contributed by atoms with Crippen LogP contribution >= 0.6 is 0 Å². The van der Waals surface area contributed by atoms with Crippen molar-refractivity contribution in [3.8, 4) is 0 Å². The van der Waals surface area contributed by atoms with Crippen LogP contribution in [0.15, 0.2) is 0 Å². The summed E-state index contributed by atoms with van der Waals surface area (Å²) >= 11 is 0. The average molecular weight is 230 g/mol. The summed E-state index contributed by atoms with van der Waals surface area (Å²) in [7, 11) is 0. The van der Waals surface area contributed by atoms with Gasteiger partial charge < -0.3 is 20.9 Å². The normalized spacial score (nSPS) is 28.7. The minimum atomic E-state index is 0.0202. The van der Waals surface area contributed by atoms with Crippen LogP contribution in [0.25, 0.3) is 0 Å². The predicted octanol–water partition coefficient (Wildman–Crippen LogP) is 0.635. The monoisotopic (exact) mass is 230 g/mol. The Hall–Kier alpha value is -0.160. The second-order valence-corrected chi connectivity index (χ2v) is 4.71. The van der Waals surface area contributed by atoms with E-state index in [1.807, 2.05) is 0 Å². The molecule has 4 heteroatoms. The van der Waals surface area contributed by atoms with Gasteiger partial charge in [0.15, 0.2) is 0 Å². The molecule has 96 valence electrons. The van der Waals surface area contributed by atoms with E-state index in [2.05, 4.69) is 12.2 Å². The molecule has 2 unspecified atom stereocenters. The van der Waals surface area contributed by atoms with Gasteiger partial charge in [0.25, 0.3) is 0 Å². The fourth-order valence-corrected chi connectivity index (χ4v) is 2.38. The van der Waals surface area contributed by atoms with Crippen molar-refractivity contribution >= 4 is 0 Å². The Kier molecular flexibility index (Phi) is 6.28. The summed E-state index contributed by atoms with van der Waals surface area (Å²) in [4.78, 5) is 0. The number of rotatable bonds is 6. The van der Waals surface area contributed by atoms with Crippen molar-refractivity contribution in [2.75, 3.05) is 26.4 Å². The Morgan fingerprint density at radius 2 is 2.25 bits per heavy atom. The number of ether oxygens (including phenoxy) is 1. The first kappa shape index (κ1) is 13.9. The topological polar surface area (TPSA) is 67.5 Å². The van der Waals surface area contributed by atoms with Crippen molar-refractivity contribution in [3.63, 3.8) is 0 Å². The molecular formula is C12H26N2O2. The fourth-order valence-electron chi connectivity index (χ4n) is 2.38. The van der Waals surface area contributed by atoms with Gasteiger partial charge in [-0.1, -0.05) is 6.92 Å². The number of nitrogens with two attached hydrogens (primary N) is 1.